The van der Waals surface area contributed by atoms with Crippen molar-refractivity contribution in [3.8, 4) is 0 Å². The van der Waals surface area contributed by atoms with Gasteiger partial charge in [0.05, 0.1) is 5.88 Å². The Morgan fingerprint density at radius 2 is 2.40 bits per heavy atom. The molecule has 0 spiro atoms. The van der Waals surface area contributed by atoms with Crippen LogP contribution in [-0.4, -0.2) is 17.6 Å². The number of alkyl halides is 1. The molecule has 2 aliphatic rings. The first-order valence-corrected chi connectivity index (χ1v) is 6.18. The highest BCUT2D eigenvalue weighted by Gasteiger charge is 2.38. The fourth-order valence-corrected chi connectivity index (χ4v) is 3.19. The Bertz CT molecular complexity index is 366. The van der Waals surface area contributed by atoms with Gasteiger partial charge in [0.1, 0.15) is 5.82 Å². The molecule has 1 saturated heterocycles. The first-order chi connectivity index (χ1) is 7.38. The lowest BCUT2D eigenvalue weighted by Crippen LogP contribution is -2.33. The van der Waals surface area contributed by atoms with Gasteiger partial charge in [0.15, 0.2) is 0 Å². The Labute approximate surface area is 95.3 Å². The van der Waals surface area contributed by atoms with Crippen molar-refractivity contribution in [3.05, 3.63) is 23.9 Å². The molecular formula is C12H15ClN2. The van der Waals surface area contributed by atoms with E-state index < -0.39 is 0 Å². The van der Waals surface area contributed by atoms with Crippen molar-refractivity contribution in [1.29, 1.82) is 0 Å². The second-order valence-corrected chi connectivity index (χ2v) is 4.87. The lowest BCUT2D eigenvalue weighted by atomic mass is 10.1. The largest absolute Gasteiger partial charge is 0.353 e. The Morgan fingerprint density at radius 3 is 3.07 bits per heavy atom. The van der Waals surface area contributed by atoms with Crippen molar-refractivity contribution in [2.45, 2.75) is 31.2 Å². The molecule has 3 heteroatoms. The van der Waals surface area contributed by atoms with Gasteiger partial charge in [0.2, 0.25) is 0 Å². The fraction of sp³-hybridized carbons (Fsp3) is 0.583. The Hall–Kier alpha value is -0.760. The molecule has 2 bridgehead atoms. The molecule has 2 fully saturated rings. The molecule has 2 nitrogen and oxygen atoms in total. The fourth-order valence-electron chi connectivity index (χ4n) is 2.98. The first kappa shape index (κ1) is 9.46. The molecule has 3 rings (SSSR count). The molecule has 15 heavy (non-hydrogen) atoms. The number of hydrogen-bond acceptors (Lipinski definition) is 2. The Kier molecular flexibility index (Phi) is 2.32. The van der Waals surface area contributed by atoms with Gasteiger partial charge in [-0.05, 0) is 31.2 Å². The Morgan fingerprint density at radius 1 is 1.47 bits per heavy atom. The molecule has 2 heterocycles. The maximum atomic E-state index is 5.95. The third-order valence-corrected chi connectivity index (χ3v) is 3.98. The third kappa shape index (κ3) is 1.51. The van der Waals surface area contributed by atoms with Gasteiger partial charge in [-0.2, -0.15) is 0 Å². The van der Waals surface area contributed by atoms with Gasteiger partial charge >= 0.3 is 0 Å². The van der Waals surface area contributed by atoms with Crippen molar-refractivity contribution >= 4 is 17.4 Å². The zero-order valence-corrected chi connectivity index (χ0v) is 9.45. The summed E-state index contributed by atoms with van der Waals surface area (Å²) in [5, 5.41) is 0. The summed E-state index contributed by atoms with van der Waals surface area (Å²) in [6.45, 7) is 1.19. The van der Waals surface area contributed by atoms with E-state index in [1.54, 1.807) is 0 Å². The molecule has 0 amide bonds. The van der Waals surface area contributed by atoms with Gasteiger partial charge in [-0.3, -0.25) is 0 Å². The SMILES string of the molecule is ClCc1cccnc1N1CC2CCC1C2. The summed E-state index contributed by atoms with van der Waals surface area (Å²) in [5.74, 6) is 2.59. The number of piperidine rings is 1. The maximum absolute atomic E-state index is 5.95. The topological polar surface area (TPSA) is 16.1 Å². The molecule has 2 atom stereocenters. The van der Waals surface area contributed by atoms with Crippen LogP contribution in [0.15, 0.2) is 18.3 Å². The molecule has 2 unspecified atom stereocenters. The van der Waals surface area contributed by atoms with Crippen molar-refractivity contribution in [2.75, 3.05) is 11.4 Å². The van der Waals surface area contributed by atoms with Crippen LogP contribution in [-0.2, 0) is 5.88 Å². The van der Waals surface area contributed by atoms with Gasteiger partial charge in [0.25, 0.3) is 0 Å². The molecule has 0 N–H and O–H groups in total. The highest BCUT2D eigenvalue weighted by molar-refractivity contribution is 6.17. The van der Waals surface area contributed by atoms with Crippen LogP contribution in [0.2, 0.25) is 0 Å². The first-order valence-electron chi connectivity index (χ1n) is 5.65. The summed E-state index contributed by atoms with van der Waals surface area (Å²) in [6.07, 6.45) is 5.98. The minimum atomic E-state index is 0.567. The third-order valence-electron chi connectivity index (χ3n) is 3.69. The average Bonchev–Trinajstić information content (AvgIpc) is 2.90. The van der Waals surface area contributed by atoms with E-state index in [0.29, 0.717) is 5.88 Å². The lowest BCUT2D eigenvalue weighted by molar-refractivity contribution is 0.549. The van der Waals surface area contributed by atoms with Crippen molar-refractivity contribution in [3.63, 3.8) is 0 Å². The Balaban J connectivity index is 1.92. The summed E-state index contributed by atoms with van der Waals surface area (Å²) in [6, 6.07) is 4.78. The second-order valence-electron chi connectivity index (χ2n) is 4.61. The predicted molar refractivity (Wildman–Crippen MR) is 62.3 cm³/mol. The van der Waals surface area contributed by atoms with E-state index in [2.05, 4.69) is 16.0 Å². The minimum absolute atomic E-state index is 0.567. The minimum Gasteiger partial charge on any atom is -0.353 e. The van der Waals surface area contributed by atoms with Crippen LogP contribution in [0, 0.1) is 5.92 Å². The quantitative estimate of drug-likeness (QED) is 0.716. The van der Waals surface area contributed by atoms with Crippen LogP contribution in [0.5, 0.6) is 0 Å². The van der Waals surface area contributed by atoms with E-state index in [1.807, 2.05) is 12.3 Å². The molecule has 0 aromatic carbocycles. The van der Waals surface area contributed by atoms with Crippen LogP contribution in [0.1, 0.15) is 24.8 Å². The monoisotopic (exact) mass is 222 g/mol. The van der Waals surface area contributed by atoms with Crippen LogP contribution in [0.4, 0.5) is 5.82 Å². The van der Waals surface area contributed by atoms with Crippen molar-refractivity contribution < 1.29 is 0 Å². The van der Waals surface area contributed by atoms with E-state index in [0.717, 1.165) is 17.8 Å². The van der Waals surface area contributed by atoms with E-state index in [-0.39, 0.29) is 0 Å². The predicted octanol–water partition coefficient (Wildman–Crippen LogP) is 2.81. The van der Waals surface area contributed by atoms with Crippen LogP contribution < -0.4 is 4.90 Å². The van der Waals surface area contributed by atoms with Crippen LogP contribution >= 0.6 is 11.6 Å². The standard InChI is InChI=1S/C12H15ClN2/c13-7-10-2-1-5-14-12(10)15-8-9-3-4-11(15)6-9/h1-2,5,9,11H,3-4,6-8H2. The zero-order chi connectivity index (χ0) is 10.3. The van der Waals surface area contributed by atoms with Gasteiger partial charge in [-0.1, -0.05) is 6.07 Å². The molecular weight excluding hydrogens is 208 g/mol. The second kappa shape index (κ2) is 3.67. The molecule has 80 valence electrons. The molecule has 1 aliphatic heterocycles. The number of aromatic nitrogens is 1. The lowest BCUT2D eigenvalue weighted by Gasteiger charge is -2.29. The average molecular weight is 223 g/mol. The normalized spacial score (nSPS) is 28.7. The number of nitrogens with zero attached hydrogens (tertiary/aromatic N) is 2. The molecule has 1 aromatic rings. The van der Waals surface area contributed by atoms with Gasteiger partial charge < -0.3 is 4.90 Å². The number of fused-ring (bicyclic) bond motifs is 2. The van der Waals surface area contributed by atoms with Crippen LogP contribution in [0.3, 0.4) is 0 Å². The van der Waals surface area contributed by atoms with E-state index in [4.69, 9.17) is 11.6 Å². The molecule has 1 saturated carbocycles. The summed E-state index contributed by atoms with van der Waals surface area (Å²) in [7, 11) is 0. The summed E-state index contributed by atoms with van der Waals surface area (Å²) < 4.78 is 0. The number of pyridine rings is 1. The number of anilines is 1. The van der Waals surface area contributed by atoms with E-state index in [1.165, 1.54) is 31.4 Å². The van der Waals surface area contributed by atoms with Gasteiger partial charge in [-0.25, -0.2) is 4.98 Å². The maximum Gasteiger partial charge on any atom is 0.133 e. The molecule has 1 aromatic heterocycles. The van der Waals surface area contributed by atoms with E-state index >= 15 is 0 Å². The van der Waals surface area contributed by atoms with Gasteiger partial charge in [0, 0.05) is 24.3 Å². The number of halogens is 1. The zero-order valence-electron chi connectivity index (χ0n) is 8.69. The van der Waals surface area contributed by atoms with Crippen molar-refractivity contribution in [1.82, 2.24) is 4.98 Å². The summed E-state index contributed by atoms with van der Waals surface area (Å²) in [4.78, 5) is 6.96. The van der Waals surface area contributed by atoms with Gasteiger partial charge in [-0.15, -0.1) is 11.6 Å². The molecule has 1 aliphatic carbocycles. The van der Waals surface area contributed by atoms with Crippen LogP contribution in [0.25, 0.3) is 0 Å². The van der Waals surface area contributed by atoms with E-state index in [9.17, 15) is 0 Å². The summed E-state index contributed by atoms with van der Waals surface area (Å²) >= 11 is 5.95. The number of hydrogen-bond donors (Lipinski definition) is 0. The smallest absolute Gasteiger partial charge is 0.133 e. The summed E-state index contributed by atoms with van der Waals surface area (Å²) in [5.41, 5.74) is 1.17. The highest BCUT2D eigenvalue weighted by atomic mass is 35.5. The highest BCUT2D eigenvalue weighted by Crippen LogP contribution is 2.40. The number of rotatable bonds is 2. The molecule has 0 radical (unpaired) electrons. The van der Waals surface area contributed by atoms with Crippen molar-refractivity contribution in [2.24, 2.45) is 5.92 Å².